The molecule has 6 heteroatoms. The second kappa shape index (κ2) is 7.35. The van der Waals surface area contributed by atoms with Crippen LogP contribution in [0.5, 0.6) is 0 Å². The summed E-state index contributed by atoms with van der Waals surface area (Å²) in [5.74, 6) is -1.11. The Labute approximate surface area is 128 Å². The molecule has 2 rings (SSSR count). The fourth-order valence-corrected chi connectivity index (χ4v) is 2.67. The number of aliphatic hydroxyl groups is 1. The van der Waals surface area contributed by atoms with Crippen molar-refractivity contribution in [1.82, 2.24) is 5.32 Å². The minimum atomic E-state index is -0.935. The molecule has 3 N–H and O–H groups in total. The fraction of sp³-hybridized carbons (Fsp3) is 0.500. The molecule has 0 atom stereocenters. The first-order chi connectivity index (χ1) is 10.5. The average Bonchev–Trinajstić information content (AvgIpc) is 2.48. The van der Waals surface area contributed by atoms with Gasteiger partial charge >= 0.3 is 0 Å². The van der Waals surface area contributed by atoms with E-state index in [4.69, 9.17) is 0 Å². The molecule has 1 aromatic rings. The maximum absolute atomic E-state index is 12.7. The summed E-state index contributed by atoms with van der Waals surface area (Å²) < 4.78 is 12.7. The van der Waals surface area contributed by atoms with Crippen molar-refractivity contribution in [3.8, 4) is 0 Å². The number of anilines is 1. The van der Waals surface area contributed by atoms with Crippen molar-refractivity contribution in [2.24, 2.45) is 0 Å². The number of carbonyl (C=O) groups excluding carboxylic acids is 2. The van der Waals surface area contributed by atoms with Gasteiger partial charge in [-0.05, 0) is 37.1 Å². The van der Waals surface area contributed by atoms with Crippen molar-refractivity contribution >= 4 is 17.5 Å². The Hall–Kier alpha value is -1.95. The Morgan fingerprint density at radius 2 is 1.73 bits per heavy atom. The molecule has 120 valence electrons. The highest BCUT2D eigenvalue weighted by atomic mass is 19.1. The van der Waals surface area contributed by atoms with Gasteiger partial charge in [-0.15, -0.1) is 0 Å². The van der Waals surface area contributed by atoms with E-state index in [0.717, 1.165) is 19.3 Å². The molecule has 0 saturated heterocycles. The molecule has 0 heterocycles. The molecule has 1 aliphatic carbocycles. The van der Waals surface area contributed by atoms with Crippen molar-refractivity contribution in [2.45, 2.75) is 44.1 Å². The smallest absolute Gasteiger partial charge is 0.243 e. The fourth-order valence-electron chi connectivity index (χ4n) is 2.67. The standard InChI is InChI=1S/C16H21FN2O3/c17-12-4-6-13(7-5-12)19-15(21)11-18-14(20)10-16(22)8-2-1-3-9-16/h4-7,22H,1-3,8-11H2,(H,18,20)(H,19,21). The molecular weight excluding hydrogens is 287 g/mol. The van der Waals surface area contributed by atoms with Crippen LogP contribution >= 0.6 is 0 Å². The predicted molar refractivity (Wildman–Crippen MR) is 80.7 cm³/mol. The van der Waals surface area contributed by atoms with Gasteiger partial charge in [-0.3, -0.25) is 9.59 Å². The van der Waals surface area contributed by atoms with E-state index in [0.29, 0.717) is 18.5 Å². The second-order valence-corrected chi connectivity index (χ2v) is 5.79. The van der Waals surface area contributed by atoms with Crippen molar-refractivity contribution in [3.63, 3.8) is 0 Å². The van der Waals surface area contributed by atoms with E-state index >= 15 is 0 Å². The molecule has 22 heavy (non-hydrogen) atoms. The SMILES string of the molecule is O=C(CC1(O)CCCCC1)NCC(=O)Nc1ccc(F)cc1. The Bertz CT molecular complexity index is 525. The number of nitrogens with one attached hydrogen (secondary N) is 2. The molecule has 2 amide bonds. The van der Waals surface area contributed by atoms with Gasteiger partial charge in [-0.1, -0.05) is 19.3 Å². The van der Waals surface area contributed by atoms with E-state index in [-0.39, 0.29) is 24.7 Å². The monoisotopic (exact) mass is 308 g/mol. The van der Waals surface area contributed by atoms with Gasteiger partial charge in [0.15, 0.2) is 0 Å². The van der Waals surface area contributed by atoms with Gasteiger partial charge in [0.25, 0.3) is 0 Å². The third kappa shape index (κ3) is 5.11. The highest BCUT2D eigenvalue weighted by molar-refractivity contribution is 5.94. The number of amides is 2. The quantitative estimate of drug-likeness (QED) is 0.778. The van der Waals surface area contributed by atoms with E-state index in [2.05, 4.69) is 10.6 Å². The predicted octanol–water partition coefficient (Wildman–Crippen LogP) is 1.97. The van der Waals surface area contributed by atoms with Crippen LogP contribution in [-0.4, -0.2) is 29.1 Å². The molecule has 5 nitrogen and oxygen atoms in total. The summed E-state index contributed by atoms with van der Waals surface area (Å²) in [5.41, 5.74) is -0.470. The summed E-state index contributed by atoms with van der Waals surface area (Å²) in [7, 11) is 0. The first-order valence-electron chi connectivity index (χ1n) is 7.51. The first kappa shape index (κ1) is 16.4. The molecule has 1 fully saturated rings. The molecule has 0 spiro atoms. The maximum atomic E-state index is 12.7. The number of benzene rings is 1. The van der Waals surface area contributed by atoms with Crippen molar-refractivity contribution in [3.05, 3.63) is 30.1 Å². The van der Waals surface area contributed by atoms with Crippen LogP contribution in [-0.2, 0) is 9.59 Å². The van der Waals surface area contributed by atoms with Crippen LogP contribution in [0.4, 0.5) is 10.1 Å². The normalized spacial score (nSPS) is 16.8. The Morgan fingerprint density at radius 3 is 2.36 bits per heavy atom. The summed E-state index contributed by atoms with van der Waals surface area (Å²) in [6.07, 6.45) is 4.22. The summed E-state index contributed by atoms with van der Waals surface area (Å²) in [6.45, 7) is -0.174. The Morgan fingerprint density at radius 1 is 1.09 bits per heavy atom. The number of carbonyl (C=O) groups is 2. The van der Waals surface area contributed by atoms with Crippen LogP contribution in [0.1, 0.15) is 38.5 Å². The molecule has 1 aromatic carbocycles. The topological polar surface area (TPSA) is 78.4 Å². The average molecular weight is 308 g/mol. The molecule has 0 aromatic heterocycles. The molecule has 1 saturated carbocycles. The summed E-state index contributed by atoms with van der Waals surface area (Å²) in [6, 6.07) is 5.37. The Balaban J connectivity index is 1.73. The Kier molecular flexibility index (Phi) is 5.49. The van der Waals surface area contributed by atoms with Crippen LogP contribution in [0.25, 0.3) is 0 Å². The van der Waals surface area contributed by atoms with Crippen molar-refractivity contribution < 1.29 is 19.1 Å². The van der Waals surface area contributed by atoms with E-state index in [9.17, 15) is 19.1 Å². The molecular formula is C16H21FN2O3. The van der Waals surface area contributed by atoms with Crippen LogP contribution < -0.4 is 10.6 Å². The zero-order valence-corrected chi connectivity index (χ0v) is 12.4. The van der Waals surface area contributed by atoms with E-state index in [1.165, 1.54) is 24.3 Å². The molecule has 0 unspecified atom stereocenters. The zero-order valence-electron chi connectivity index (χ0n) is 12.4. The second-order valence-electron chi connectivity index (χ2n) is 5.79. The van der Waals surface area contributed by atoms with Gasteiger partial charge in [0.1, 0.15) is 5.82 Å². The minimum absolute atomic E-state index is 0.0246. The summed E-state index contributed by atoms with van der Waals surface area (Å²) in [4.78, 5) is 23.5. The van der Waals surface area contributed by atoms with Gasteiger partial charge in [-0.25, -0.2) is 4.39 Å². The third-order valence-corrected chi connectivity index (χ3v) is 3.85. The van der Waals surface area contributed by atoms with Crippen molar-refractivity contribution in [1.29, 1.82) is 0 Å². The van der Waals surface area contributed by atoms with Gasteiger partial charge in [0.05, 0.1) is 18.6 Å². The number of rotatable bonds is 5. The molecule has 0 aliphatic heterocycles. The number of hydrogen-bond acceptors (Lipinski definition) is 3. The molecule has 1 aliphatic rings. The van der Waals surface area contributed by atoms with Gasteiger partial charge in [0, 0.05) is 5.69 Å². The summed E-state index contributed by atoms with van der Waals surface area (Å²) >= 11 is 0. The van der Waals surface area contributed by atoms with Crippen LogP contribution in [0.3, 0.4) is 0 Å². The van der Waals surface area contributed by atoms with Gasteiger partial charge in [-0.2, -0.15) is 0 Å². The zero-order chi connectivity index (χ0) is 16.0. The van der Waals surface area contributed by atoms with Crippen LogP contribution in [0.15, 0.2) is 24.3 Å². The molecule has 0 bridgehead atoms. The minimum Gasteiger partial charge on any atom is -0.389 e. The largest absolute Gasteiger partial charge is 0.389 e. The number of hydrogen-bond donors (Lipinski definition) is 3. The lowest BCUT2D eigenvalue weighted by Crippen LogP contribution is -2.40. The van der Waals surface area contributed by atoms with E-state index < -0.39 is 11.5 Å². The highest BCUT2D eigenvalue weighted by Gasteiger charge is 2.31. The third-order valence-electron chi connectivity index (χ3n) is 3.85. The maximum Gasteiger partial charge on any atom is 0.243 e. The molecule has 0 radical (unpaired) electrons. The van der Waals surface area contributed by atoms with Gasteiger partial charge in [0.2, 0.25) is 11.8 Å². The highest BCUT2D eigenvalue weighted by Crippen LogP contribution is 2.30. The van der Waals surface area contributed by atoms with Crippen molar-refractivity contribution in [2.75, 3.05) is 11.9 Å². The van der Waals surface area contributed by atoms with E-state index in [1.807, 2.05) is 0 Å². The van der Waals surface area contributed by atoms with Crippen LogP contribution in [0.2, 0.25) is 0 Å². The lowest BCUT2D eigenvalue weighted by molar-refractivity contribution is -0.129. The number of halogens is 1. The van der Waals surface area contributed by atoms with E-state index in [1.54, 1.807) is 0 Å². The summed E-state index contributed by atoms with van der Waals surface area (Å²) in [5, 5.41) is 15.3. The van der Waals surface area contributed by atoms with Gasteiger partial charge < -0.3 is 15.7 Å². The van der Waals surface area contributed by atoms with Crippen LogP contribution in [0, 0.1) is 5.82 Å². The lowest BCUT2D eigenvalue weighted by Gasteiger charge is -2.31. The first-order valence-corrected chi connectivity index (χ1v) is 7.51. The lowest BCUT2D eigenvalue weighted by atomic mass is 9.82.